The Bertz CT molecular complexity index is 1290. The number of rotatable bonds is 17. The predicted octanol–water partition coefficient (Wildman–Crippen LogP) is -1.45. The smallest absolute Gasteiger partial charge is 0.326 e. The molecular weight excluding hydrogens is 546 g/mol. The molecule has 4 amide bonds. The number of primary amides is 1. The van der Waals surface area contributed by atoms with Crippen LogP contribution in [0.1, 0.15) is 45.1 Å². The summed E-state index contributed by atoms with van der Waals surface area (Å²) in [7, 11) is 0. The van der Waals surface area contributed by atoms with Crippen LogP contribution in [-0.4, -0.2) is 76.4 Å². The van der Waals surface area contributed by atoms with Crippen molar-refractivity contribution in [2.24, 2.45) is 33.8 Å². The number of guanidine groups is 1. The number of hydrogen-bond donors (Lipinski definition) is 9. The zero-order chi connectivity index (χ0) is 31.4. The monoisotopic (exact) mass is 587 g/mol. The summed E-state index contributed by atoms with van der Waals surface area (Å²) in [6, 6.07) is 2.72. The Kier molecular flexibility index (Phi) is 12.7. The lowest BCUT2D eigenvalue weighted by Crippen LogP contribution is -2.59. The van der Waals surface area contributed by atoms with Gasteiger partial charge in [0.2, 0.25) is 23.6 Å². The zero-order valence-corrected chi connectivity index (χ0v) is 23.8. The number of H-pyrrole nitrogens is 1. The van der Waals surface area contributed by atoms with Gasteiger partial charge in [0.05, 0.1) is 12.5 Å². The number of amides is 4. The number of benzene rings is 1. The average molecular weight is 588 g/mol. The number of carbonyl (C=O) groups is 5. The first-order valence-electron chi connectivity index (χ1n) is 13.6. The molecule has 0 aliphatic rings. The maximum Gasteiger partial charge on any atom is 0.326 e. The summed E-state index contributed by atoms with van der Waals surface area (Å²) in [4.78, 5) is 69.4. The first kappa shape index (κ1) is 33.5. The number of aromatic nitrogens is 1. The molecule has 15 heteroatoms. The number of nitrogens with zero attached hydrogens (tertiary/aromatic N) is 1. The van der Waals surface area contributed by atoms with E-state index in [9.17, 15) is 29.1 Å². The highest BCUT2D eigenvalue weighted by Gasteiger charge is 2.33. The lowest BCUT2D eigenvalue weighted by Gasteiger charge is -2.28. The fraction of sp³-hybridized carbons (Fsp3) is 0.481. The molecule has 0 aliphatic heterocycles. The number of aliphatic carboxylic acids is 1. The fourth-order valence-electron chi connectivity index (χ4n) is 4.30. The summed E-state index contributed by atoms with van der Waals surface area (Å²) in [5, 5.41) is 17.9. The van der Waals surface area contributed by atoms with Gasteiger partial charge in [-0.25, -0.2) is 4.79 Å². The third kappa shape index (κ3) is 10.1. The normalized spacial score (nSPS) is 14.5. The van der Waals surface area contributed by atoms with Crippen molar-refractivity contribution in [2.45, 2.75) is 70.1 Å². The highest BCUT2D eigenvalue weighted by Crippen LogP contribution is 2.19. The van der Waals surface area contributed by atoms with Crippen molar-refractivity contribution in [1.29, 1.82) is 0 Å². The van der Waals surface area contributed by atoms with Gasteiger partial charge in [-0.15, -0.1) is 0 Å². The molecule has 1 aromatic heterocycles. The lowest BCUT2D eigenvalue weighted by atomic mass is 9.96. The minimum absolute atomic E-state index is 0.114. The van der Waals surface area contributed by atoms with Gasteiger partial charge >= 0.3 is 5.97 Å². The Morgan fingerprint density at radius 3 is 2.26 bits per heavy atom. The van der Waals surface area contributed by atoms with Crippen LogP contribution in [0, 0.1) is 5.92 Å². The van der Waals surface area contributed by atoms with E-state index in [1.165, 1.54) is 0 Å². The van der Waals surface area contributed by atoms with Crippen molar-refractivity contribution in [3.63, 3.8) is 0 Å². The molecular formula is C27H41N9O6. The van der Waals surface area contributed by atoms with Crippen LogP contribution < -0.4 is 38.9 Å². The van der Waals surface area contributed by atoms with Crippen LogP contribution in [0.4, 0.5) is 0 Å². The number of nitrogens with two attached hydrogens (primary N) is 4. The Morgan fingerprint density at radius 1 is 0.976 bits per heavy atom. The number of aliphatic imine (C=N–C) groups is 1. The number of fused-ring (bicyclic) bond motifs is 1. The van der Waals surface area contributed by atoms with E-state index in [4.69, 9.17) is 22.9 Å². The van der Waals surface area contributed by atoms with Gasteiger partial charge in [0, 0.05) is 23.6 Å². The molecule has 2 aromatic rings. The molecule has 0 fully saturated rings. The van der Waals surface area contributed by atoms with Gasteiger partial charge in [-0.3, -0.25) is 24.2 Å². The topological polar surface area (TPSA) is 274 Å². The Hall–Kier alpha value is -4.66. The largest absolute Gasteiger partial charge is 0.480 e. The molecule has 5 atom stereocenters. The van der Waals surface area contributed by atoms with Crippen LogP contribution >= 0.6 is 0 Å². The second-order valence-corrected chi connectivity index (χ2v) is 10.1. The first-order chi connectivity index (χ1) is 19.8. The van der Waals surface area contributed by atoms with Gasteiger partial charge in [-0.1, -0.05) is 38.5 Å². The number of aromatic amines is 1. The summed E-state index contributed by atoms with van der Waals surface area (Å²) in [6.07, 6.45) is 2.22. The molecule has 1 heterocycles. The fourth-order valence-corrected chi connectivity index (χ4v) is 4.30. The zero-order valence-electron chi connectivity index (χ0n) is 23.8. The first-order valence-corrected chi connectivity index (χ1v) is 13.6. The number of carboxylic acids is 1. The number of carbonyl (C=O) groups excluding carboxylic acids is 4. The third-order valence-corrected chi connectivity index (χ3v) is 6.84. The Morgan fingerprint density at radius 2 is 1.64 bits per heavy atom. The Balaban J connectivity index is 2.20. The summed E-state index contributed by atoms with van der Waals surface area (Å²) in [6.45, 7) is 3.66. The van der Waals surface area contributed by atoms with E-state index in [-0.39, 0.29) is 25.3 Å². The molecule has 0 aliphatic carbocycles. The SMILES string of the molecule is CCC(C)C(NC(=O)C(CCCN=C(N)N)NC(=O)C(N)Cc1c[nH]c2ccccc12)C(=O)NC(CC(N)=O)C(=O)O. The molecule has 5 unspecified atom stereocenters. The molecule has 13 N–H and O–H groups in total. The molecule has 0 spiro atoms. The summed E-state index contributed by atoms with van der Waals surface area (Å²) in [5.41, 5.74) is 23.8. The van der Waals surface area contributed by atoms with Crippen LogP contribution in [0.15, 0.2) is 35.5 Å². The van der Waals surface area contributed by atoms with Gasteiger partial charge in [-0.05, 0) is 36.8 Å². The van der Waals surface area contributed by atoms with E-state index in [2.05, 4.69) is 25.9 Å². The van der Waals surface area contributed by atoms with E-state index in [1.54, 1.807) is 20.0 Å². The molecule has 0 radical (unpaired) electrons. The second-order valence-electron chi connectivity index (χ2n) is 10.1. The summed E-state index contributed by atoms with van der Waals surface area (Å²) < 4.78 is 0. The molecule has 42 heavy (non-hydrogen) atoms. The van der Waals surface area contributed by atoms with E-state index in [0.717, 1.165) is 16.5 Å². The van der Waals surface area contributed by atoms with Gasteiger partial charge < -0.3 is 49.0 Å². The molecule has 0 bridgehead atoms. The minimum Gasteiger partial charge on any atom is -0.480 e. The van der Waals surface area contributed by atoms with Crippen molar-refractivity contribution in [3.05, 3.63) is 36.0 Å². The molecule has 0 saturated heterocycles. The molecule has 0 saturated carbocycles. The quantitative estimate of drug-likeness (QED) is 0.0594. The summed E-state index contributed by atoms with van der Waals surface area (Å²) >= 11 is 0. The van der Waals surface area contributed by atoms with E-state index >= 15 is 0 Å². The van der Waals surface area contributed by atoms with E-state index in [1.807, 2.05) is 24.3 Å². The number of hydrogen-bond acceptors (Lipinski definition) is 7. The van der Waals surface area contributed by atoms with Crippen molar-refractivity contribution >= 4 is 46.5 Å². The summed E-state index contributed by atoms with van der Waals surface area (Å²) in [5.74, 6) is -5.01. The Labute approximate surface area is 243 Å². The lowest BCUT2D eigenvalue weighted by molar-refractivity contribution is -0.144. The van der Waals surface area contributed by atoms with E-state index in [0.29, 0.717) is 12.8 Å². The minimum atomic E-state index is -1.57. The number of para-hydroxylation sites is 1. The van der Waals surface area contributed by atoms with Crippen LogP contribution in [0.5, 0.6) is 0 Å². The van der Waals surface area contributed by atoms with Gasteiger partial charge in [0.15, 0.2) is 5.96 Å². The van der Waals surface area contributed by atoms with E-state index < -0.39 is 66.1 Å². The average Bonchev–Trinajstić information content (AvgIpc) is 3.34. The molecule has 1 aromatic carbocycles. The van der Waals surface area contributed by atoms with Crippen molar-refractivity contribution in [3.8, 4) is 0 Å². The van der Waals surface area contributed by atoms with Crippen molar-refractivity contribution in [1.82, 2.24) is 20.9 Å². The van der Waals surface area contributed by atoms with Gasteiger partial charge in [0.25, 0.3) is 0 Å². The van der Waals surface area contributed by atoms with Gasteiger partial charge in [0.1, 0.15) is 18.1 Å². The number of nitrogens with one attached hydrogen (secondary N) is 4. The maximum absolute atomic E-state index is 13.4. The highest BCUT2D eigenvalue weighted by atomic mass is 16.4. The maximum atomic E-state index is 13.4. The van der Waals surface area contributed by atoms with Crippen molar-refractivity contribution in [2.75, 3.05) is 6.54 Å². The van der Waals surface area contributed by atoms with Crippen molar-refractivity contribution < 1.29 is 29.1 Å². The van der Waals surface area contributed by atoms with Crippen LogP contribution in [0.2, 0.25) is 0 Å². The van der Waals surface area contributed by atoms with Crippen LogP contribution in [0.3, 0.4) is 0 Å². The standard InChI is InChI=1S/C27H41N9O6/c1-3-14(2)22(25(40)35-20(26(41)42)12-21(29)37)36-24(39)19(9-6-10-32-27(30)31)34-23(38)17(28)11-15-13-33-18-8-5-4-7-16(15)18/h4-5,7-8,13-14,17,19-20,22,33H,3,6,9-12,28H2,1-2H3,(H2,29,37)(H,34,38)(H,35,40)(H,36,39)(H,41,42)(H4,30,31,32). The molecule has 2 rings (SSSR count). The third-order valence-electron chi connectivity index (χ3n) is 6.84. The van der Waals surface area contributed by atoms with Crippen LogP contribution in [0.25, 0.3) is 10.9 Å². The second kappa shape index (κ2) is 16.0. The van der Waals surface area contributed by atoms with Crippen LogP contribution in [-0.2, 0) is 30.4 Å². The van der Waals surface area contributed by atoms with Gasteiger partial charge in [-0.2, -0.15) is 0 Å². The predicted molar refractivity (Wildman–Crippen MR) is 157 cm³/mol. The molecule has 15 nitrogen and oxygen atoms in total. The highest BCUT2D eigenvalue weighted by molar-refractivity contribution is 5.95. The number of carboxylic acid groups (broad SMARTS) is 1. The molecule has 230 valence electrons.